The van der Waals surface area contributed by atoms with Gasteiger partial charge in [-0.3, -0.25) is 9.59 Å². The number of hydrogen-bond donors (Lipinski definition) is 2. The monoisotopic (exact) mass is 285 g/mol. The number of aliphatic carboxylic acids is 1. The van der Waals surface area contributed by atoms with Crippen LogP contribution in [0.3, 0.4) is 0 Å². The number of aromatic nitrogens is 2. The van der Waals surface area contributed by atoms with Crippen LogP contribution >= 0.6 is 11.8 Å². The van der Waals surface area contributed by atoms with Crippen LogP contribution in [-0.4, -0.2) is 32.3 Å². The standard InChI is InChI=1S/C12H19N3O3S/c1-7(2)9-5-14-12(19-6-11(17)18)15(9)8(3)4-10(13)16/h5,7-8H,4,6H2,1-3H3,(H2,13,16)(H,17,18). The van der Waals surface area contributed by atoms with E-state index in [1.54, 1.807) is 6.20 Å². The Morgan fingerprint density at radius 3 is 2.58 bits per heavy atom. The molecule has 1 amide bonds. The van der Waals surface area contributed by atoms with Gasteiger partial charge in [-0.15, -0.1) is 0 Å². The third kappa shape index (κ3) is 4.27. The largest absolute Gasteiger partial charge is 0.481 e. The third-order valence-electron chi connectivity index (χ3n) is 2.65. The van der Waals surface area contributed by atoms with Gasteiger partial charge in [-0.2, -0.15) is 0 Å². The van der Waals surface area contributed by atoms with Crippen LogP contribution in [0.1, 0.15) is 44.8 Å². The van der Waals surface area contributed by atoms with Gasteiger partial charge in [0, 0.05) is 24.4 Å². The SMILES string of the molecule is CC(C)c1cnc(SCC(=O)O)n1C(C)CC(N)=O. The van der Waals surface area contributed by atoms with E-state index in [9.17, 15) is 9.59 Å². The molecule has 0 saturated heterocycles. The maximum atomic E-state index is 11.1. The van der Waals surface area contributed by atoms with E-state index in [2.05, 4.69) is 4.98 Å². The highest BCUT2D eigenvalue weighted by Crippen LogP contribution is 2.28. The van der Waals surface area contributed by atoms with Crippen LogP contribution < -0.4 is 5.73 Å². The Labute approximate surface area is 116 Å². The molecule has 0 aliphatic carbocycles. The molecule has 6 nitrogen and oxygen atoms in total. The summed E-state index contributed by atoms with van der Waals surface area (Å²) in [6, 6.07) is -0.131. The fourth-order valence-corrected chi connectivity index (χ4v) is 2.65. The van der Waals surface area contributed by atoms with E-state index in [0.717, 1.165) is 17.5 Å². The first-order valence-electron chi connectivity index (χ1n) is 6.03. The maximum Gasteiger partial charge on any atom is 0.313 e. The summed E-state index contributed by atoms with van der Waals surface area (Å²) in [5, 5.41) is 9.34. The minimum atomic E-state index is -0.895. The molecule has 1 heterocycles. The van der Waals surface area contributed by atoms with Crippen LogP contribution in [0, 0.1) is 0 Å². The molecule has 1 aromatic heterocycles. The Balaban J connectivity index is 3.03. The Morgan fingerprint density at radius 1 is 1.47 bits per heavy atom. The van der Waals surface area contributed by atoms with Crippen molar-refractivity contribution >= 4 is 23.6 Å². The Kier molecular flexibility index (Phi) is 5.41. The zero-order valence-corrected chi connectivity index (χ0v) is 12.1. The van der Waals surface area contributed by atoms with E-state index < -0.39 is 5.97 Å². The number of nitrogens with zero attached hydrogens (tertiary/aromatic N) is 2. The molecule has 0 fully saturated rings. The molecule has 0 radical (unpaired) electrons. The number of imidazole rings is 1. The molecule has 7 heteroatoms. The van der Waals surface area contributed by atoms with E-state index in [0.29, 0.717) is 5.16 Å². The van der Waals surface area contributed by atoms with Crippen molar-refractivity contribution in [2.24, 2.45) is 5.73 Å². The average molecular weight is 285 g/mol. The van der Waals surface area contributed by atoms with Gasteiger partial charge in [-0.05, 0) is 12.8 Å². The number of amides is 1. The van der Waals surface area contributed by atoms with Crippen molar-refractivity contribution in [3.63, 3.8) is 0 Å². The van der Waals surface area contributed by atoms with Crippen LogP contribution in [0.5, 0.6) is 0 Å². The highest BCUT2D eigenvalue weighted by Gasteiger charge is 2.19. The fraction of sp³-hybridized carbons (Fsp3) is 0.583. The zero-order valence-electron chi connectivity index (χ0n) is 11.3. The molecule has 1 aromatic rings. The van der Waals surface area contributed by atoms with Gasteiger partial charge in [0.15, 0.2) is 5.16 Å². The summed E-state index contributed by atoms with van der Waals surface area (Å²) in [5.41, 5.74) is 6.20. The molecule has 106 valence electrons. The molecule has 1 unspecified atom stereocenters. The highest BCUT2D eigenvalue weighted by atomic mass is 32.2. The second kappa shape index (κ2) is 6.60. The zero-order chi connectivity index (χ0) is 14.6. The number of nitrogens with two attached hydrogens (primary N) is 1. The molecule has 0 aromatic carbocycles. The van der Waals surface area contributed by atoms with Crippen molar-refractivity contribution in [3.05, 3.63) is 11.9 Å². The van der Waals surface area contributed by atoms with E-state index in [1.165, 1.54) is 0 Å². The van der Waals surface area contributed by atoms with Gasteiger partial charge in [0.1, 0.15) is 0 Å². The van der Waals surface area contributed by atoms with Crippen molar-refractivity contribution in [2.45, 2.75) is 44.3 Å². The summed E-state index contributed by atoms with van der Waals surface area (Å²) in [6.45, 7) is 5.93. The predicted octanol–water partition coefficient (Wildman–Crippen LogP) is 1.62. The first-order chi connectivity index (χ1) is 8.82. The minimum absolute atomic E-state index is 0.0577. The second-order valence-electron chi connectivity index (χ2n) is 4.69. The van der Waals surface area contributed by atoms with Gasteiger partial charge in [0.25, 0.3) is 0 Å². The predicted molar refractivity (Wildman–Crippen MR) is 73.2 cm³/mol. The second-order valence-corrected chi connectivity index (χ2v) is 5.63. The van der Waals surface area contributed by atoms with Crippen LogP contribution in [-0.2, 0) is 9.59 Å². The topological polar surface area (TPSA) is 98.2 Å². The van der Waals surface area contributed by atoms with Crippen molar-refractivity contribution < 1.29 is 14.7 Å². The molecular weight excluding hydrogens is 266 g/mol. The van der Waals surface area contributed by atoms with E-state index in [-0.39, 0.29) is 30.0 Å². The molecule has 3 N–H and O–H groups in total. The molecule has 1 atom stereocenters. The quantitative estimate of drug-likeness (QED) is 0.742. The van der Waals surface area contributed by atoms with Crippen LogP contribution in [0.4, 0.5) is 0 Å². The van der Waals surface area contributed by atoms with Crippen LogP contribution in [0.25, 0.3) is 0 Å². The molecule has 0 spiro atoms. The van der Waals surface area contributed by atoms with E-state index in [1.807, 2.05) is 25.3 Å². The van der Waals surface area contributed by atoms with Crippen molar-refractivity contribution in [3.8, 4) is 0 Å². The molecule has 0 bridgehead atoms. The summed E-state index contributed by atoms with van der Waals surface area (Å²) in [5.74, 6) is -1.10. The lowest BCUT2D eigenvalue weighted by Gasteiger charge is -2.19. The van der Waals surface area contributed by atoms with Crippen molar-refractivity contribution in [1.29, 1.82) is 0 Å². The van der Waals surface area contributed by atoms with Gasteiger partial charge in [0.2, 0.25) is 5.91 Å². The minimum Gasteiger partial charge on any atom is -0.481 e. The van der Waals surface area contributed by atoms with Crippen LogP contribution in [0.2, 0.25) is 0 Å². The molecule has 1 rings (SSSR count). The maximum absolute atomic E-state index is 11.1. The summed E-state index contributed by atoms with van der Waals surface area (Å²) in [7, 11) is 0. The number of carbonyl (C=O) groups excluding carboxylic acids is 1. The highest BCUT2D eigenvalue weighted by molar-refractivity contribution is 7.99. The number of rotatable bonds is 7. The van der Waals surface area contributed by atoms with Crippen molar-refractivity contribution in [2.75, 3.05) is 5.75 Å². The summed E-state index contributed by atoms with van der Waals surface area (Å²) >= 11 is 1.15. The molecule has 0 aliphatic heterocycles. The Bertz CT molecular complexity index is 471. The third-order valence-corrected chi connectivity index (χ3v) is 3.60. The first kappa shape index (κ1) is 15.6. The van der Waals surface area contributed by atoms with Gasteiger partial charge in [-0.1, -0.05) is 25.6 Å². The van der Waals surface area contributed by atoms with Gasteiger partial charge >= 0.3 is 5.97 Å². The summed E-state index contributed by atoms with van der Waals surface area (Å²) in [6.07, 6.45) is 1.93. The number of carbonyl (C=O) groups is 2. The van der Waals surface area contributed by atoms with Gasteiger partial charge in [0.05, 0.1) is 5.75 Å². The molecular formula is C12H19N3O3S. The Morgan fingerprint density at radius 2 is 2.11 bits per heavy atom. The van der Waals surface area contributed by atoms with Gasteiger partial charge < -0.3 is 15.4 Å². The normalized spacial score (nSPS) is 12.6. The average Bonchev–Trinajstić information content (AvgIpc) is 2.68. The van der Waals surface area contributed by atoms with E-state index in [4.69, 9.17) is 10.8 Å². The summed E-state index contributed by atoms with van der Waals surface area (Å²) < 4.78 is 1.91. The number of hydrogen-bond acceptors (Lipinski definition) is 4. The number of thioether (sulfide) groups is 1. The summed E-state index contributed by atoms with van der Waals surface area (Å²) in [4.78, 5) is 25.9. The van der Waals surface area contributed by atoms with E-state index >= 15 is 0 Å². The lowest BCUT2D eigenvalue weighted by Crippen LogP contribution is -2.20. The number of carboxylic acids is 1. The van der Waals surface area contributed by atoms with Crippen LogP contribution in [0.15, 0.2) is 11.4 Å². The van der Waals surface area contributed by atoms with Gasteiger partial charge in [-0.25, -0.2) is 4.98 Å². The number of carboxylic acid groups (broad SMARTS) is 1. The molecule has 19 heavy (non-hydrogen) atoms. The first-order valence-corrected chi connectivity index (χ1v) is 7.01. The fourth-order valence-electron chi connectivity index (χ4n) is 1.84. The molecule has 0 saturated carbocycles. The lowest BCUT2D eigenvalue weighted by molar-refractivity contribution is -0.134. The van der Waals surface area contributed by atoms with Crippen molar-refractivity contribution in [1.82, 2.24) is 9.55 Å². The Hall–Kier alpha value is -1.50. The lowest BCUT2D eigenvalue weighted by atomic mass is 10.1. The molecule has 0 aliphatic rings. The smallest absolute Gasteiger partial charge is 0.313 e. The number of primary amides is 1.